The van der Waals surface area contributed by atoms with Crippen molar-refractivity contribution in [3.8, 4) is 0 Å². The summed E-state index contributed by atoms with van der Waals surface area (Å²) in [4.78, 5) is 11.2. The van der Waals surface area contributed by atoms with E-state index in [4.69, 9.17) is 4.42 Å². The molecule has 0 bridgehead atoms. The molecule has 0 N–H and O–H groups in total. The highest BCUT2D eigenvalue weighted by atomic mass is 79.9. The van der Waals surface area contributed by atoms with Crippen LogP contribution in [0.25, 0.3) is 11.0 Å². The van der Waals surface area contributed by atoms with Gasteiger partial charge in [-0.15, -0.1) is 0 Å². The molecule has 0 atom stereocenters. The van der Waals surface area contributed by atoms with Crippen LogP contribution in [0.3, 0.4) is 0 Å². The van der Waals surface area contributed by atoms with Crippen molar-refractivity contribution < 1.29 is 13.9 Å². The number of halogens is 1. The minimum Gasteiger partial charge on any atom is -0.469 e. The number of carbonyl (C=O) groups excluding carboxylic acids is 1. The molecule has 1 heterocycles. The van der Waals surface area contributed by atoms with E-state index in [1.54, 1.807) is 6.26 Å². The zero-order chi connectivity index (χ0) is 11.7. The molecular formula is C12H11BrO3. The molecule has 0 amide bonds. The van der Waals surface area contributed by atoms with E-state index in [1.807, 2.05) is 19.1 Å². The van der Waals surface area contributed by atoms with Crippen LogP contribution in [0.4, 0.5) is 0 Å². The van der Waals surface area contributed by atoms with Crippen molar-refractivity contribution in [3.63, 3.8) is 0 Å². The number of benzene rings is 1. The van der Waals surface area contributed by atoms with Crippen LogP contribution in [-0.4, -0.2) is 13.1 Å². The summed E-state index contributed by atoms with van der Waals surface area (Å²) in [6, 6.07) is 3.91. The molecule has 0 saturated carbocycles. The van der Waals surface area contributed by atoms with Gasteiger partial charge in [0.1, 0.15) is 5.58 Å². The van der Waals surface area contributed by atoms with Crippen molar-refractivity contribution in [2.45, 2.75) is 13.3 Å². The number of esters is 1. The molecule has 0 unspecified atom stereocenters. The predicted octanol–water partition coefficient (Wildman–Crippen LogP) is 3.22. The van der Waals surface area contributed by atoms with Gasteiger partial charge < -0.3 is 9.15 Å². The lowest BCUT2D eigenvalue weighted by molar-refractivity contribution is -0.139. The molecule has 0 radical (unpaired) electrons. The highest BCUT2D eigenvalue weighted by Crippen LogP contribution is 2.28. The van der Waals surface area contributed by atoms with E-state index in [0.29, 0.717) is 0 Å². The van der Waals surface area contributed by atoms with Crippen LogP contribution in [0.1, 0.15) is 11.1 Å². The largest absolute Gasteiger partial charge is 0.469 e. The summed E-state index contributed by atoms with van der Waals surface area (Å²) in [5, 5.41) is 0.947. The number of aryl methyl sites for hydroxylation is 1. The maximum absolute atomic E-state index is 11.2. The van der Waals surface area contributed by atoms with Crippen molar-refractivity contribution in [1.82, 2.24) is 0 Å². The van der Waals surface area contributed by atoms with Gasteiger partial charge in [0.05, 0.1) is 19.8 Å². The monoisotopic (exact) mass is 282 g/mol. The van der Waals surface area contributed by atoms with Crippen LogP contribution in [0.2, 0.25) is 0 Å². The molecule has 0 spiro atoms. The number of hydrogen-bond acceptors (Lipinski definition) is 3. The lowest BCUT2D eigenvalue weighted by atomic mass is 10.1. The van der Waals surface area contributed by atoms with Gasteiger partial charge in [-0.25, -0.2) is 0 Å². The Hall–Kier alpha value is -1.29. The first-order valence-electron chi connectivity index (χ1n) is 4.85. The molecule has 1 aromatic heterocycles. The van der Waals surface area contributed by atoms with Gasteiger partial charge in [0, 0.05) is 15.4 Å². The van der Waals surface area contributed by atoms with E-state index in [-0.39, 0.29) is 12.4 Å². The second-order valence-electron chi connectivity index (χ2n) is 3.61. The third kappa shape index (κ3) is 1.97. The molecule has 2 rings (SSSR count). The van der Waals surface area contributed by atoms with Crippen LogP contribution in [0.15, 0.2) is 27.3 Å². The van der Waals surface area contributed by atoms with Gasteiger partial charge in [-0.2, -0.15) is 0 Å². The second kappa shape index (κ2) is 4.29. The summed E-state index contributed by atoms with van der Waals surface area (Å²) in [6.07, 6.45) is 1.84. The summed E-state index contributed by atoms with van der Waals surface area (Å²) < 4.78 is 11.0. The van der Waals surface area contributed by atoms with Gasteiger partial charge in [-0.1, -0.05) is 15.9 Å². The number of rotatable bonds is 2. The van der Waals surface area contributed by atoms with Gasteiger partial charge >= 0.3 is 5.97 Å². The van der Waals surface area contributed by atoms with E-state index in [0.717, 1.165) is 26.6 Å². The number of ether oxygens (including phenoxy) is 1. The Labute approximate surface area is 102 Å². The van der Waals surface area contributed by atoms with Gasteiger partial charge in [-0.05, 0) is 24.6 Å². The Kier molecular flexibility index (Phi) is 3.01. The quantitative estimate of drug-likeness (QED) is 0.794. The fraction of sp³-hybridized carbons (Fsp3) is 0.250. The third-order valence-corrected chi connectivity index (χ3v) is 3.35. The fourth-order valence-corrected chi connectivity index (χ4v) is 1.91. The maximum Gasteiger partial charge on any atom is 0.310 e. The summed E-state index contributed by atoms with van der Waals surface area (Å²) >= 11 is 3.46. The number of fused-ring (bicyclic) bond motifs is 1. The second-order valence-corrected chi connectivity index (χ2v) is 4.47. The predicted molar refractivity (Wildman–Crippen MR) is 64.4 cm³/mol. The molecule has 1 aromatic carbocycles. The molecule has 0 fully saturated rings. The van der Waals surface area contributed by atoms with E-state index in [2.05, 4.69) is 20.7 Å². The Bertz CT molecular complexity index is 542. The molecule has 0 aliphatic carbocycles. The van der Waals surface area contributed by atoms with Gasteiger partial charge in [-0.3, -0.25) is 4.79 Å². The number of hydrogen-bond donors (Lipinski definition) is 0. The first-order chi connectivity index (χ1) is 7.61. The van der Waals surface area contributed by atoms with Crippen LogP contribution in [0.5, 0.6) is 0 Å². The first-order valence-corrected chi connectivity index (χ1v) is 5.64. The molecular weight excluding hydrogens is 272 g/mol. The lowest BCUT2D eigenvalue weighted by Gasteiger charge is -1.99. The zero-order valence-corrected chi connectivity index (χ0v) is 10.6. The number of methoxy groups -OCH3 is 1. The third-order valence-electron chi connectivity index (χ3n) is 2.50. The average molecular weight is 283 g/mol. The van der Waals surface area contributed by atoms with Crippen molar-refractivity contribution >= 4 is 32.9 Å². The van der Waals surface area contributed by atoms with Crippen molar-refractivity contribution in [2.75, 3.05) is 7.11 Å². The Balaban J connectivity index is 2.48. The standard InChI is InChI=1S/C12H11BrO3/c1-7-3-11-9(5-10(7)13)8(6-16-11)4-12(14)15-2/h3,5-6H,4H2,1-2H3. The van der Waals surface area contributed by atoms with E-state index >= 15 is 0 Å². The zero-order valence-electron chi connectivity index (χ0n) is 9.04. The SMILES string of the molecule is COC(=O)Cc1coc2cc(C)c(Br)cc12. The molecule has 16 heavy (non-hydrogen) atoms. The average Bonchev–Trinajstić information content (AvgIpc) is 2.62. The lowest BCUT2D eigenvalue weighted by Crippen LogP contribution is -2.03. The summed E-state index contributed by atoms with van der Waals surface area (Å²) in [6.45, 7) is 1.99. The minimum absolute atomic E-state index is 0.235. The summed E-state index contributed by atoms with van der Waals surface area (Å²) in [5.41, 5.74) is 2.74. The van der Waals surface area contributed by atoms with Gasteiger partial charge in [0.25, 0.3) is 0 Å². The number of furan rings is 1. The van der Waals surface area contributed by atoms with Crippen LogP contribution in [0, 0.1) is 6.92 Å². The van der Waals surface area contributed by atoms with E-state index < -0.39 is 0 Å². The smallest absolute Gasteiger partial charge is 0.310 e. The fourth-order valence-electron chi connectivity index (χ4n) is 1.57. The van der Waals surface area contributed by atoms with Gasteiger partial charge in [0.2, 0.25) is 0 Å². The highest BCUT2D eigenvalue weighted by Gasteiger charge is 2.11. The van der Waals surface area contributed by atoms with Crippen LogP contribution < -0.4 is 0 Å². The highest BCUT2D eigenvalue weighted by molar-refractivity contribution is 9.10. The van der Waals surface area contributed by atoms with E-state index in [9.17, 15) is 4.79 Å². The maximum atomic E-state index is 11.2. The molecule has 84 valence electrons. The molecule has 0 aliphatic rings. The molecule has 4 heteroatoms. The van der Waals surface area contributed by atoms with Crippen LogP contribution >= 0.6 is 15.9 Å². The normalized spacial score (nSPS) is 10.7. The van der Waals surface area contributed by atoms with Crippen molar-refractivity contribution in [2.24, 2.45) is 0 Å². The van der Waals surface area contributed by atoms with Crippen LogP contribution in [-0.2, 0) is 16.0 Å². The Morgan fingerprint density at radius 2 is 2.25 bits per heavy atom. The molecule has 0 aliphatic heterocycles. The van der Waals surface area contributed by atoms with Gasteiger partial charge in [0.15, 0.2) is 0 Å². The van der Waals surface area contributed by atoms with Crippen molar-refractivity contribution in [1.29, 1.82) is 0 Å². The van der Waals surface area contributed by atoms with Crippen molar-refractivity contribution in [3.05, 3.63) is 34.0 Å². The Morgan fingerprint density at radius 1 is 1.50 bits per heavy atom. The van der Waals surface area contributed by atoms with E-state index in [1.165, 1.54) is 7.11 Å². The summed E-state index contributed by atoms with van der Waals surface area (Å²) in [5.74, 6) is -0.264. The molecule has 0 saturated heterocycles. The first kappa shape index (κ1) is 11.2. The number of carbonyl (C=O) groups is 1. The molecule has 3 nitrogen and oxygen atoms in total. The minimum atomic E-state index is -0.264. The molecule has 2 aromatic rings. The summed E-state index contributed by atoms with van der Waals surface area (Å²) in [7, 11) is 1.38. The topological polar surface area (TPSA) is 39.4 Å². The Morgan fingerprint density at radius 3 is 2.94 bits per heavy atom.